The van der Waals surface area contributed by atoms with E-state index < -0.39 is 20.7 Å². The number of sulfonamides is 1. The molecule has 0 fully saturated rings. The van der Waals surface area contributed by atoms with Gasteiger partial charge < -0.3 is 5.73 Å². The maximum absolute atomic E-state index is 14.0. The molecular weight excluding hydrogens is 303 g/mol. The van der Waals surface area contributed by atoms with Crippen molar-refractivity contribution in [1.29, 1.82) is 0 Å². The summed E-state index contributed by atoms with van der Waals surface area (Å²) in [7, 11) is -2.54. The average Bonchev–Trinajstić information content (AvgIpc) is 2.31. The molecule has 1 unspecified atom stereocenters. The van der Waals surface area contributed by atoms with Crippen molar-refractivity contribution in [2.75, 3.05) is 12.8 Å². The summed E-state index contributed by atoms with van der Waals surface area (Å²) in [6.45, 7) is 5.77. The Bertz CT molecular complexity index is 590. The van der Waals surface area contributed by atoms with E-state index in [1.165, 1.54) is 13.1 Å². The van der Waals surface area contributed by atoms with Crippen molar-refractivity contribution < 1.29 is 12.8 Å². The predicted molar refractivity (Wildman–Crippen MR) is 79.7 cm³/mol. The molecule has 1 aromatic carbocycles. The van der Waals surface area contributed by atoms with E-state index in [9.17, 15) is 12.8 Å². The first kappa shape index (κ1) is 17.2. The Kier molecular flexibility index (Phi) is 5.40. The second kappa shape index (κ2) is 6.28. The molecule has 0 bridgehead atoms. The minimum absolute atomic E-state index is 0.111. The highest BCUT2D eigenvalue weighted by Gasteiger charge is 2.29. The number of nitrogen functional groups attached to an aromatic ring is 1. The lowest BCUT2D eigenvalue weighted by molar-refractivity contribution is 0.336. The highest BCUT2D eigenvalue weighted by Crippen LogP contribution is 2.28. The van der Waals surface area contributed by atoms with Crippen LogP contribution in [0, 0.1) is 11.7 Å². The fraction of sp³-hybridized carbons (Fsp3) is 0.538. The van der Waals surface area contributed by atoms with Crippen molar-refractivity contribution in [3.05, 3.63) is 23.0 Å². The number of anilines is 1. The van der Waals surface area contributed by atoms with Gasteiger partial charge in [-0.15, -0.1) is 0 Å². The molecule has 0 aliphatic rings. The van der Waals surface area contributed by atoms with E-state index in [4.69, 9.17) is 17.3 Å². The molecule has 4 nitrogen and oxygen atoms in total. The van der Waals surface area contributed by atoms with Gasteiger partial charge in [0, 0.05) is 18.8 Å². The molecule has 1 atom stereocenters. The molecule has 0 heterocycles. The molecular formula is C13H20ClFN2O2S. The third-order valence-electron chi connectivity index (χ3n) is 3.11. The number of benzene rings is 1. The van der Waals surface area contributed by atoms with Gasteiger partial charge in [0.05, 0.1) is 5.02 Å². The van der Waals surface area contributed by atoms with E-state index >= 15 is 0 Å². The number of nitrogens with zero attached hydrogens (tertiary/aromatic N) is 1. The second-order valence-electron chi connectivity index (χ2n) is 5.31. The van der Waals surface area contributed by atoms with Gasteiger partial charge in [0.2, 0.25) is 10.0 Å². The zero-order valence-electron chi connectivity index (χ0n) is 12.0. The van der Waals surface area contributed by atoms with E-state index in [1.807, 2.05) is 13.8 Å². The van der Waals surface area contributed by atoms with Gasteiger partial charge in [-0.1, -0.05) is 25.4 Å². The fourth-order valence-corrected chi connectivity index (χ4v) is 3.77. The topological polar surface area (TPSA) is 63.4 Å². The zero-order chi connectivity index (χ0) is 15.7. The lowest BCUT2D eigenvalue weighted by Crippen LogP contribution is -2.36. The van der Waals surface area contributed by atoms with Crippen LogP contribution in [0.4, 0.5) is 10.1 Å². The predicted octanol–water partition coefficient (Wildman–Crippen LogP) is 3.12. The average molecular weight is 323 g/mol. The number of halogens is 2. The van der Waals surface area contributed by atoms with Crippen molar-refractivity contribution in [2.45, 2.75) is 38.1 Å². The molecule has 7 heteroatoms. The van der Waals surface area contributed by atoms with E-state index in [0.29, 0.717) is 12.3 Å². The maximum Gasteiger partial charge on any atom is 0.246 e. The number of hydrogen-bond donors (Lipinski definition) is 1. The van der Waals surface area contributed by atoms with Crippen LogP contribution in [-0.2, 0) is 10.0 Å². The molecule has 0 aromatic heterocycles. The summed E-state index contributed by atoms with van der Waals surface area (Å²) >= 11 is 5.66. The molecule has 1 aromatic rings. The second-order valence-corrected chi connectivity index (χ2v) is 7.69. The van der Waals surface area contributed by atoms with Gasteiger partial charge in [-0.05, 0) is 31.4 Å². The lowest BCUT2D eigenvalue weighted by atomic mass is 10.1. The molecule has 0 aliphatic heterocycles. The number of hydrogen-bond acceptors (Lipinski definition) is 3. The Morgan fingerprint density at radius 1 is 1.35 bits per heavy atom. The summed E-state index contributed by atoms with van der Waals surface area (Å²) < 4.78 is 40.0. The first-order chi connectivity index (χ1) is 9.07. The third kappa shape index (κ3) is 3.62. The minimum Gasteiger partial charge on any atom is -0.399 e. The van der Waals surface area contributed by atoms with Gasteiger partial charge in [0.1, 0.15) is 4.90 Å². The van der Waals surface area contributed by atoms with Crippen LogP contribution in [0.5, 0.6) is 0 Å². The van der Waals surface area contributed by atoms with Gasteiger partial charge in [-0.3, -0.25) is 0 Å². The highest BCUT2D eigenvalue weighted by atomic mass is 35.5. The van der Waals surface area contributed by atoms with Crippen LogP contribution in [0.2, 0.25) is 5.02 Å². The van der Waals surface area contributed by atoms with Crippen LogP contribution < -0.4 is 5.73 Å². The van der Waals surface area contributed by atoms with E-state index in [-0.39, 0.29) is 16.8 Å². The molecule has 0 radical (unpaired) electrons. The van der Waals surface area contributed by atoms with Crippen molar-refractivity contribution in [1.82, 2.24) is 4.31 Å². The van der Waals surface area contributed by atoms with Crippen molar-refractivity contribution in [2.24, 2.45) is 5.92 Å². The smallest absolute Gasteiger partial charge is 0.246 e. The van der Waals surface area contributed by atoms with Gasteiger partial charge in [0.15, 0.2) is 5.82 Å². The molecule has 0 spiro atoms. The largest absolute Gasteiger partial charge is 0.399 e. The Hall–Kier alpha value is -0.850. The van der Waals surface area contributed by atoms with E-state index in [2.05, 4.69) is 0 Å². The van der Waals surface area contributed by atoms with Crippen molar-refractivity contribution >= 4 is 27.3 Å². The summed E-state index contributed by atoms with van der Waals surface area (Å²) in [5.41, 5.74) is 5.66. The maximum atomic E-state index is 14.0. The molecule has 0 amide bonds. The third-order valence-corrected chi connectivity index (χ3v) is 5.35. The highest BCUT2D eigenvalue weighted by molar-refractivity contribution is 7.89. The molecule has 0 saturated carbocycles. The van der Waals surface area contributed by atoms with Crippen LogP contribution >= 0.6 is 11.6 Å². The first-order valence-corrected chi connectivity index (χ1v) is 8.11. The van der Waals surface area contributed by atoms with Crippen LogP contribution in [0.1, 0.15) is 27.2 Å². The van der Waals surface area contributed by atoms with Crippen molar-refractivity contribution in [3.8, 4) is 0 Å². The van der Waals surface area contributed by atoms with Gasteiger partial charge >= 0.3 is 0 Å². The molecule has 114 valence electrons. The van der Waals surface area contributed by atoms with Crippen LogP contribution in [-0.4, -0.2) is 25.8 Å². The van der Waals surface area contributed by atoms with Crippen LogP contribution in [0.25, 0.3) is 0 Å². The van der Waals surface area contributed by atoms with Crippen LogP contribution in [0.15, 0.2) is 17.0 Å². The number of nitrogens with two attached hydrogens (primary N) is 1. The zero-order valence-corrected chi connectivity index (χ0v) is 13.6. The van der Waals surface area contributed by atoms with Gasteiger partial charge in [0.25, 0.3) is 0 Å². The van der Waals surface area contributed by atoms with E-state index in [0.717, 1.165) is 10.4 Å². The summed E-state index contributed by atoms with van der Waals surface area (Å²) in [4.78, 5) is -0.486. The molecule has 0 aliphatic carbocycles. The Labute approximate surface area is 124 Å². The standard InChI is InChI=1S/C13H20ClFN2O2S/c1-8(2)5-9(3)17(4)20(18,19)12-7-10(16)6-11(14)13(12)15/h6-9H,5,16H2,1-4H3. The van der Waals surface area contributed by atoms with Gasteiger partial charge in [-0.25, -0.2) is 12.8 Å². The number of rotatable bonds is 5. The SMILES string of the molecule is CC(C)CC(C)N(C)S(=O)(=O)c1cc(N)cc(Cl)c1F. The Morgan fingerprint density at radius 2 is 1.90 bits per heavy atom. The summed E-state index contributed by atoms with van der Waals surface area (Å²) in [5.74, 6) is -0.638. The molecule has 2 N–H and O–H groups in total. The van der Waals surface area contributed by atoms with Gasteiger partial charge in [-0.2, -0.15) is 4.31 Å². The van der Waals surface area contributed by atoms with Crippen molar-refractivity contribution in [3.63, 3.8) is 0 Å². The summed E-state index contributed by atoms with van der Waals surface area (Å²) in [6.07, 6.45) is 0.674. The minimum atomic E-state index is -3.97. The quantitative estimate of drug-likeness (QED) is 0.847. The van der Waals surface area contributed by atoms with Crippen LogP contribution in [0.3, 0.4) is 0 Å². The fourth-order valence-electron chi connectivity index (χ4n) is 1.99. The Balaban J connectivity index is 3.23. The Morgan fingerprint density at radius 3 is 2.40 bits per heavy atom. The first-order valence-electron chi connectivity index (χ1n) is 6.30. The lowest BCUT2D eigenvalue weighted by Gasteiger charge is -2.26. The molecule has 1 rings (SSSR count). The molecule has 20 heavy (non-hydrogen) atoms. The normalized spacial score (nSPS) is 14.0. The monoisotopic (exact) mass is 322 g/mol. The summed E-state index contributed by atoms with van der Waals surface area (Å²) in [6, 6.07) is 2.03. The summed E-state index contributed by atoms with van der Waals surface area (Å²) in [5, 5.41) is -0.298. The van der Waals surface area contributed by atoms with E-state index in [1.54, 1.807) is 6.92 Å². The molecule has 0 saturated heterocycles.